The van der Waals surface area contributed by atoms with Crippen molar-refractivity contribution in [1.82, 2.24) is 30.3 Å². The second kappa shape index (κ2) is 12.7. The van der Waals surface area contributed by atoms with E-state index in [-0.39, 0.29) is 0 Å². The first kappa shape index (κ1) is 22.6. The molecule has 1 aliphatic heterocycles. The second-order valence-electron chi connectivity index (χ2n) is 7.49. The molecule has 1 aromatic heterocycles. The fourth-order valence-electron chi connectivity index (χ4n) is 2.73. The van der Waals surface area contributed by atoms with Gasteiger partial charge in [-0.1, -0.05) is 13.8 Å². The number of ether oxygens (including phenoxy) is 2. The highest BCUT2D eigenvalue weighted by Gasteiger charge is 2.10. The molecule has 1 fully saturated rings. The maximum absolute atomic E-state index is 5.69. The van der Waals surface area contributed by atoms with Crippen LogP contribution in [0, 0.1) is 12.8 Å². The van der Waals surface area contributed by atoms with Crippen LogP contribution in [0.1, 0.15) is 31.9 Å². The van der Waals surface area contributed by atoms with E-state index in [1.54, 1.807) is 0 Å². The van der Waals surface area contributed by atoms with Crippen molar-refractivity contribution in [1.29, 1.82) is 0 Å². The summed E-state index contributed by atoms with van der Waals surface area (Å²) in [6, 6.07) is 0. The molecule has 2 N–H and O–H groups in total. The Kier molecular flexibility index (Phi) is 10.2. The van der Waals surface area contributed by atoms with Crippen LogP contribution in [0.3, 0.4) is 0 Å². The molecule has 1 saturated heterocycles. The Bertz CT molecular complexity index is 583. The minimum atomic E-state index is 0.485. The van der Waals surface area contributed by atoms with Gasteiger partial charge in [0.05, 0.1) is 19.8 Å². The quantitative estimate of drug-likeness (QED) is 0.321. The van der Waals surface area contributed by atoms with Crippen LogP contribution in [0.25, 0.3) is 0 Å². The van der Waals surface area contributed by atoms with Crippen molar-refractivity contribution in [3.8, 4) is 0 Å². The van der Waals surface area contributed by atoms with Crippen molar-refractivity contribution in [2.75, 3.05) is 59.2 Å². The van der Waals surface area contributed by atoms with E-state index in [1.165, 1.54) is 0 Å². The predicted octanol–water partition coefficient (Wildman–Crippen LogP) is 0.554. The van der Waals surface area contributed by atoms with E-state index in [2.05, 4.69) is 44.6 Å². The maximum Gasteiger partial charge on any atom is 0.191 e. The number of rotatable bonds is 11. The molecule has 9 heteroatoms. The number of guanidine groups is 1. The molecule has 0 radical (unpaired) electrons. The Hall–Kier alpha value is -1.71. The number of nitrogens with zero attached hydrogens (tertiary/aromatic N) is 5. The summed E-state index contributed by atoms with van der Waals surface area (Å²) < 4.78 is 13.0. The highest BCUT2D eigenvalue weighted by Crippen LogP contribution is 2.00. The third kappa shape index (κ3) is 8.53. The Morgan fingerprint density at radius 1 is 1.18 bits per heavy atom. The average Bonchev–Trinajstić information content (AvgIpc) is 3.01. The summed E-state index contributed by atoms with van der Waals surface area (Å²) >= 11 is 0. The predicted molar refractivity (Wildman–Crippen MR) is 110 cm³/mol. The third-order valence-electron chi connectivity index (χ3n) is 4.76. The molecule has 2 heterocycles. The van der Waals surface area contributed by atoms with E-state index in [0.29, 0.717) is 19.1 Å². The number of hydrogen-bond acceptors (Lipinski definition) is 6. The molecule has 9 nitrogen and oxygen atoms in total. The van der Waals surface area contributed by atoms with E-state index in [9.17, 15) is 0 Å². The summed E-state index contributed by atoms with van der Waals surface area (Å²) in [6.07, 6.45) is 1.09. The molecule has 2 rings (SSSR count). The lowest BCUT2D eigenvalue weighted by Crippen LogP contribution is -2.45. The summed E-state index contributed by atoms with van der Waals surface area (Å²) in [4.78, 5) is 7.07. The Morgan fingerprint density at radius 3 is 2.61 bits per heavy atom. The summed E-state index contributed by atoms with van der Waals surface area (Å²) in [5.74, 6) is 3.18. The van der Waals surface area contributed by atoms with Gasteiger partial charge in [-0.15, -0.1) is 10.2 Å². The lowest BCUT2D eigenvalue weighted by atomic mass is 10.1. The molecule has 28 heavy (non-hydrogen) atoms. The van der Waals surface area contributed by atoms with Crippen LogP contribution in [0.2, 0.25) is 0 Å². The van der Waals surface area contributed by atoms with Crippen LogP contribution in [-0.2, 0) is 23.1 Å². The fourth-order valence-corrected chi connectivity index (χ4v) is 2.73. The standard InChI is InChI=1S/C19H37N7O2/c1-16(2)5-11-27-12-7-21-19(20-6-8-26-9-13-28-14-10-26)22-15-18-24-23-17(3)25(18)4/h16H,5-15H2,1-4H3,(H2,20,21,22). The van der Waals surface area contributed by atoms with Crippen molar-refractivity contribution in [2.45, 2.75) is 33.7 Å². The molecule has 0 atom stereocenters. The zero-order valence-corrected chi connectivity index (χ0v) is 17.9. The van der Waals surface area contributed by atoms with Crippen molar-refractivity contribution in [2.24, 2.45) is 18.0 Å². The van der Waals surface area contributed by atoms with Gasteiger partial charge in [-0.2, -0.15) is 0 Å². The van der Waals surface area contributed by atoms with Gasteiger partial charge in [-0.3, -0.25) is 4.90 Å². The van der Waals surface area contributed by atoms with Crippen LogP contribution in [-0.4, -0.2) is 84.8 Å². The fraction of sp³-hybridized carbons (Fsp3) is 0.842. The van der Waals surface area contributed by atoms with Gasteiger partial charge in [0.15, 0.2) is 11.8 Å². The first-order chi connectivity index (χ1) is 13.6. The van der Waals surface area contributed by atoms with Crippen molar-refractivity contribution >= 4 is 5.96 Å². The van der Waals surface area contributed by atoms with E-state index in [0.717, 1.165) is 76.6 Å². The van der Waals surface area contributed by atoms with Crippen molar-refractivity contribution in [3.05, 3.63) is 11.6 Å². The molecule has 0 saturated carbocycles. The molecule has 0 unspecified atom stereocenters. The molecule has 1 aliphatic rings. The lowest BCUT2D eigenvalue weighted by Gasteiger charge is -2.26. The molecule has 0 aliphatic carbocycles. The second-order valence-corrected chi connectivity index (χ2v) is 7.49. The first-order valence-electron chi connectivity index (χ1n) is 10.3. The molecule has 0 amide bonds. The summed E-state index contributed by atoms with van der Waals surface area (Å²) in [5.41, 5.74) is 0. The molecular weight excluding hydrogens is 358 g/mol. The minimum Gasteiger partial charge on any atom is -0.380 e. The average molecular weight is 396 g/mol. The van der Waals surface area contributed by atoms with Crippen LogP contribution in [0.15, 0.2) is 4.99 Å². The van der Waals surface area contributed by atoms with Gasteiger partial charge in [0.1, 0.15) is 12.4 Å². The number of hydrogen-bond donors (Lipinski definition) is 2. The van der Waals surface area contributed by atoms with Crippen molar-refractivity contribution in [3.63, 3.8) is 0 Å². The van der Waals surface area contributed by atoms with Crippen LogP contribution >= 0.6 is 0 Å². The number of aromatic nitrogens is 3. The minimum absolute atomic E-state index is 0.485. The number of morpholine rings is 1. The number of nitrogens with one attached hydrogen (secondary N) is 2. The molecule has 160 valence electrons. The smallest absolute Gasteiger partial charge is 0.191 e. The molecule has 1 aromatic rings. The first-order valence-corrected chi connectivity index (χ1v) is 10.3. The van der Waals surface area contributed by atoms with Gasteiger partial charge in [0.25, 0.3) is 0 Å². The summed E-state index contributed by atoms with van der Waals surface area (Å²) in [5, 5.41) is 15.0. The van der Waals surface area contributed by atoms with E-state index >= 15 is 0 Å². The monoisotopic (exact) mass is 395 g/mol. The Labute approximate surface area is 168 Å². The van der Waals surface area contributed by atoms with E-state index < -0.39 is 0 Å². The normalized spacial score (nSPS) is 16.0. The molecule has 0 bridgehead atoms. The number of aliphatic imine (C=N–C) groups is 1. The topological polar surface area (TPSA) is 88.8 Å². The van der Waals surface area contributed by atoms with Gasteiger partial charge >= 0.3 is 0 Å². The van der Waals surface area contributed by atoms with Crippen LogP contribution in [0.5, 0.6) is 0 Å². The largest absolute Gasteiger partial charge is 0.380 e. The lowest BCUT2D eigenvalue weighted by molar-refractivity contribution is 0.0389. The zero-order chi connectivity index (χ0) is 20.2. The van der Waals surface area contributed by atoms with Crippen molar-refractivity contribution < 1.29 is 9.47 Å². The van der Waals surface area contributed by atoms with Crippen LogP contribution in [0.4, 0.5) is 0 Å². The summed E-state index contributed by atoms with van der Waals surface area (Å²) in [7, 11) is 1.96. The molecule has 0 aromatic carbocycles. The van der Waals surface area contributed by atoms with Gasteiger partial charge in [0, 0.05) is 46.4 Å². The number of aryl methyl sites for hydroxylation is 1. The Morgan fingerprint density at radius 2 is 1.93 bits per heavy atom. The highest BCUT2D eigenvalue weighted by atomic mass is 16.5. The molecule has 0 spiro atoms. The highest BCUT2D eigenvalue weighted by molar-refractivity contribution is 5.79. The third-order valence-corrected chi connectivity index (χ3v) is 4.76. The summed E-state index contributed by atoms with van der Waals surface area (Å²) in [6.45, 7) is 14.4. The van der Waals surface area contributed by atoms with Gasteiger partial charge in [0.2, 0.25) is 0 Å². The van der Waals surface area contributed by atoms with E-state index in [1.807, 2.05) is 18.5 Å². The van der Waals surface area contributed by atoms with Crippen LogP contribution < -0.4 is 10.6 Å². The van der Waals surface area contributed by atoms with Gasteiger partial charge < -0.3 is 24.7 Å². The van der Waals surface area contributed by atoms with E-state index in [4.69, 9.17) is 9.47 Å². The van der Waals surface area contributed by atoms with Gasteiger partial charge in [-0.25, -0.2) is 4.99 Å². The van der Waals surface area contributed by atoms with Gasteiger partial charge in [-0.05, 0) is 19.3 Å². The Balaban J connectivity index is 1.78. The zero-order valence-electron chi connectivity index (χ0n) is 17.9. The SMILES string of the molecule is Cc1nnc(CN=C(NCCOCCC(C)C)NCCN2CCOCC2)n1C. The maximum atomic E-state index is 5.69. The molecular formula is C19H37N7O2.